The second-order valence-corrected chi connectivity index (χ2v) is 4.40. The Morgan fingerprint density at radius 3 is 2.67 bits per heavy atom. The summed E-state index contributed by atoms with van der Waals surface area (Å²) >= 11 is 6.19. The number of nitrogens with one attached hydrogen (secondary N) is 1. The van der Waals surface area contributed by atoms with E-state index in [9.17, 15) is 0 Å². The van der Waals surface area contributed by atoms with Crippen LogP contribution in [-0.2, 0) is 7.05 Å². The normalized spacial score (nSPS) is 12.6. The first kappa shape index (κ1) is 13.0. The topological polar surface area (TPSA) is 55.6 Å². The highest BCUT2D eigenvalue weighted by molar-refractivity contribution is 6.31. The van der Waals surface area contributed by atoms with E-state index in [0.717, 1.165) is 18.7 Å². The van der Waals surface area contributed by atoms with E-state index in [-0.39, 0.29) is 6.04 Å². The van der Waals surface area contributed by atoms with Gasteiger partial charge in [0.1, 0.15) is 6.04 Å². The highest BCUT2D eigenvalue weighted by Gasteiger charge is 2.22. The highest BCUT2D eigenvalue weighted by atomic mass is 35.5. The fourth-order valence-electron chi connectivity index (χ4n) is 1.80. The Morgan fingerprint density at radius 2 is 2.11 bits per heavy atom. The second kappa shape index (κ2) is 5.93. The lowest BCUT2D eigenvalue weighted by Crippen LogP contribution is -2.27. The van der Waals surface area contributed by atoms with Crippen molar-refractivity contribution in [3.8, 4) is 0 Å². The molecule has 0 aliphatic heterocycles. The fraction of sp³-hybridized carbons (Fsp3) is 0.417. The summed E-state index contributed by atoms with van der Waals surface area (Å²) < 4.78 is 1.76. The zero-order chi connectivity index (χ0) is 13.0. The van der Waals surface area contributed by atoms with Crippen LogP contribution < -0.4 is 5.32 Å². The van der Waals surface area contributed by atoms with Crippen LogP contribution in [0, 0.1) is 0 Å². The van der Waals surface area contributed by atoms with Crippen LogP contribution in [0.5, 0.6) is 0 Å². The standard InChI is InChI=1S/C12H16ClN5/c1-3-5-14-10(12-15-6-4-7-16-12)11-9(13)8-17-18(11)2/h4,6-8,10,14H,3,5H2,1-2H3. The molecule has 96 valence electrons. The number of hydrogen-bond acceptors (Lipinski definition) is 4. The molecule has 1 atom stereocenters. The quantitative estimate of drug-likeness (QED) is 0.898. The highest BCUT2D eigenvalue weighted by Crippen LogP contribution is 2.25. The summed E-state index contributed by atoms with van der Waals surface area (Å²) in [6.07, 6.45) is 6.12. The smallest absolute Gasteiger partial charge is 0.151 e. The molecule has 1 N–H and O–H groups in total. The average Bonchev–Trinajstić information content (AvgIpc) is 2.72. The van der Waals surface area contributed by atoms with Crippen molar-refractivity contribution in [3.05, 3.63) is 41.2 Å². The lowest BCUT2D eigenvalue weighted by molar-refractivity contribution is 0.532. The van der Waals surface area contributed by atoms with Crippen LogP contribution in [-0.4, -0.2) is 26.3 Å². The van der Waals surface area contributed by atoms with Gasteiger partial charge in [0.2, 0.25) is 0 Å². The van der Waals surface area contributed by atoms with Crippen LogP contribution in [0.2, 0.25) is 5.02 Å². The lowest BCUT2D eigenvalue weighted by Gasteiger charge is -2.17. The lowest BCUT2D eigenvalue weighted by atomic mass is 10.2. The first-order valence-electron chi connectivity index (χ1n) is 5.91. The summed E-state index contributed by atoms with van der Waals surface area (Å²) in [6, 6.07) is 1.66. The Morgan fingerprint density at radius 1 is 1.39 bits per heavy atom. The molecule has 0 saturated heterocycles. The molecule has 1 unspecified atom stereocenters. The molecule has 0 fully saturated rings. The third-order valence-corrected chi connectivity index (χ3v) is 2.94. The van der Waals surface area contributed by atoms with Gasteiger partial charge >= 0.3 is 0 Å². The SMILES string of the molecule is CCCNC(c1ncccn1)c1c(Cl)cnn1C. The number of rotatable bonds is 5. The minimum absolute atomic E-state index is 0.133. The van der Waals surface area contributed by atoms with Crippen LogP contribution in [0.15, 0.2) is 24.7 Å². The van der Waals surface area contributed by atoms with Crippen molar-refractivity contribution in [1.82, 2.24) is 25.1 Å². The minimum atomic E-state index is -0.133. The van der Waals surface area contributed by atoms with E-state index in [4.69, 9.17) is 11.6 Å². The molecule has 2 aromatic rings. The Bertz CT molecular complexity index is 477. The number of aromatic nitrogens is 4. The minimum Gasteiger partial charge on any atom is -0.302 e. The molecule has 6 heteroatoms. The Balaban J connectivity index is 2.37. The van der Waals surface area contributed by atoms with Gasteiger partial charge in [-0.15, -0.1) is 0 Å². The van der Waals surface area contributed by atoms with Gasteiger partial charge in [-0.05, 0) is 19.0 Å². The molecule has 5 nitrogen and oxygen atoms in total. The van der Waals surface area contributed by atoms with Crippen molar-refractivity contribution in [2.24, 2.45) is 7.05 Å². The van der Waals surface area contributed by atoms with Crippen molar-refractivity contribution in [2.75, 3.05) is 6.54 Å². The van der Waals surface area contributed by atoms with E-state index in [2.05, 4.69) is 27.3 Å². The predicted molar refractivity (Wildman–Crippen MR) is 70.4 cm³/mol. The number of hydrogen-bond donors (Lipinski definition) is 1. The van der Waals surface area contributed by atoms with E-state index in [1.807, 2.05) is 7.05 Å². The third-order valence-electron chi connectivity index (χ3n) is 2.65. The van der Waals surface area contributed by atoms with Gasteiger partial charge in [0.05, 0.1) is 16.9 Å². The summed E-state index contributed by atoms with van der Waals surface area (Å²) in [4.78, 5) is 8.59. The van der Waals surface area contributed by atoms with Gasteiger partial charge in [0.25, 0.3) is 0 Å². The Kier molecular flexibility index (Phi) is 4.28. The van der Waals surface area contributed by atoms with Crippen molar-refractivity contribution in [2.45, 2.75) is 19.4 Å². The van der Waals surface area contributed by atoms with Gasteiger partial charge in [-0.25, -0.2) is 9.97 Å². The van der Waals surface area contributed by atoms with E-state index in [0.29, 0.717) is 10.8 Å². The van der Waals surface area contributed by atoms with Gasteiger partial charge < -0.3 is 5.32 Å². The van der Waals surface area contributed by atoms with Crippen LogP contribution >= 0.6 is 11.6 Å². The summed E-state index contributed by atoms with van der Waals surface area (Å²) in [5.74, 6) is 0.705. The maximum absolute atomic E-state index is 6.19. The molecule has 0 spiro atoms. The molecule has 2 aromatic heterocycles. The maximum atomic E-state index is 6.19. The molecule has 2 heterocycles. The molecular formula is C12H16ClN5. The van der Waals surface area contributed by atoms with E-state index >= 15 is 0 Å². The van der Waals surface area contributed by atoms with Crippen molar-refractivity contribution >= 4 is 11.6 Å². The summed E-state index contributed by atoms with van der Waals surface area (Å²) in [5, 5.41) is 8.18. The van der Waals surface area contributed by atoms with Gasteiger partial charge in [0, 0.05) is 19.4 Å². The Hall–Kier alpha value is -1.46. The van der Waals surface area contributed by atoms with E-state index < -0.39 is 0 Å². The molecule has 0 saturated carbocycles. The van der Waals surface area contributed by atoms with Crippen LogP contribution in [0.1, 0.15) is 30.9 Å². The van der Waals surface area contributed by atoms with Crippen LogP contribution in [0.25, 0.3) is 0 Å². The van der Waals surface area contributed by atoms with Crippen LogP contribution in [0.3, 0.4) is 0 Å². The summed E-state index contributed by atoms with van der Waals surface area (Å²) in [6.45, 7) is 2.98. The van der Waals surface area contributed by atoms with Crippen LogP contribution in [0.4, 0.5) is 0 Å². The summed E-state index contributed by atoms with van der Waals surface area (Å²) in [7, 11) is 1.87. The zero-order valence-corrected chi connectivity index (χ0v) is 11.2. The fourth-order valence-corrected chi connectivity index (χ4v) is 2.08. The molecule has 0 aromatic carbocycles. The molecule has 0 bridgehead atoms. The average molecular weight is 266 g/mol. The maximum Gasteiger partial charge on any atom is 0.151 e. The monoisotopic (exact) mass is 265 g/mol. The first-order chi connectivity index (χ1) is 8.74. The summed E-state index contributed by atoms with van der Waals surface area (Å²) in [5.41, 5.74) is 0.885. The van der Waals surface area contributed by atoms with Gasteiger partial charge in [0.15, 0.2) is 5.82 Å². The molecule has 2 rings (SSSR count). The molecule has 0 aliphatic rings. The van der Waals surface area contributed by atoms with Gasteiger partial charge in [-0.2, -0.15) is 5.10 Å². The van der Waals surface area contributed by atoms with Gasteiger partial charge in [-0.3, -0.25) is 4.68 Å². The number of nitrogens with zero attached hydrogens (tertiary/aromatic N) is 4. The number of aryl methyl sites for hydroxylation is 1. The van der Waals surface area contributed by atoms with E-state index in [1.165, 1.54) is 0 Å². The molecule has 0 amide bonds. The molecular weight excluding hydrogens is 250 g/mol. The van der Waals surface area contributed by atoms with E-state index in [1.54, 1.807) is 29.3 Å². The largest absolute Gasteiger partial charge is 0.302 e. The third kappa shape index (κ3) is 2.68. The Labute approximate surface area is 111 Å². The van der Waals surface area contributed by atoms with Crippen molar-refractivity contribution in [1.29, 1.82) is 0 Å². The zero-order valence-electron chi connectivity index (χ0n) is 10.5. The first-order valence-corrected chi connectivity index (χ1v) is 6.29. The second-order valence-electron chi connectivity index (χ2n) is 4.00. The van der Waals surface area contributed by atoms with Crippen molar-refractivity contribution < 1.29 is 0 Å². The predicted octanol–water partition coefficient (Wildman–Crippen LogP) is 1.95. The van der Waals surface area contributed by atoms with Gasteiger partial charge in [-0.1, -0.05) is 18.5 Å². The molecule has 0 aliphatic carbocycles. The molecule has 18 heavy (non-hydrogen) atoms. The molecule has 0 radical (unpaired) electrons. The van der Waals surface area contributed by atoms with Crippen molar-refractivity contribution in [3.63, 3.8) is 0 Å². The number of halogens is 1.